The van der Waals surface area contributed by atoms with Gasteiger partial charge in [-0.25, -0.2) is 4.98 Å². The first-order valence-corrected chi connectivity index (χ1v) is 9.36. The number of pyridine rings is 1. The molecule has 1 saturated heterocycles. The second-order valence-electron chi connectivity index (χ2n) is 5.80. The van der Waals surface area contributed by atoms with Gasteiger partial charge in [0.1, 0.15) is 0 Å². The van der Waals surface area contributed by atoms with E-state index in [2.05, 4.69) is 10.3 Å². The molecule has 0 saturated carbocycles. The molecular weight excluding hydrogens is 336 g/mol. The number of carbonyl (C=O) groups is 1. The van der Waals surface area contributed by atoms with Crippen molar-refractivity contribution in [2.75, 3.05) is 19.5 Å². The molecule has 1 fully saturated rings. The van der Waals surface area contributed by atoms with Crippen molar-refractivity contribution in [2.45, 2.75) is 30.4 Å². The Hall–Kier alpha value is -2.05. The molecule has 0 spiro atoms. The molecule has 0 aliphatic carbocycles. The van der Waals surface area contributed by atoms with E-state index in [1.807, 2.05) is 36.4 Å². The van der Waals surface area contributed by atoms with Crippen molar-refractivity contribution in [2.24, 2.45) is 0 Å². The number of methoxy groups -OCH3 is 1. The minimum Gasteiger partial charge on any atom is -0.481 e. The average Bonchev–Trinajstić information content (AvgIpc) is 3.18. The molecule has 1 aliphatic rings. The standard InChI is InChI=1S/C19H22N2O3S/c1-23-19-14(6-4-10-20-19)12-21-18(22)16-8-2-3-9-17(16)25-13-15-7-5-11-24-15/h2-4,6,8-10,15H,5,7,11-13H2,1H3,(H,21,22). The van der Waals surface area contributed by atoms with Crippen LogP contribution in [0.2, 0.25) is 0 Å². The molecule has 3 rings (SSSR count). The number of benzene rings is 1. The minimum atomic E-state index is -0.0960. The van der Waals surface area contributed by atoms with Crippen molar-refractivity contribution in [3.05, 3.63) is 53.7 Å². The van der Waals surface area contributed by atoms with Crippen molar-refractivity contribution in [1.29, 1.82) is 0 Å². The third kappa shape index (κ3) is 4.74. The highest BCUT2D eigenvalue weighted by Crippen LogP contribution is 2.27. The quantitative estimate of drug-likeness (QED) is 0.770. The lowest BCUT2D eigenvalue weighted by molar-refractivity contribution is 0.0947. The topological polar surface area (TPSA) is 60.5 Å². The summed E-state index contributed by atoms with van der Waals surface area (Å²) in [4.78, 5) is 17.7. The van der Waals surface area contributed by atoms with Crippen LogP contribution in [0.25, 0.3) is 0 Å². The fraction of sp³-hybridized carbons (Fsp3) is 0.368. The highest BCUT2D eigenvalue weighted by Gasteiger charge is 2.18. The maximum absolute atomic E-state index is 12.6. The lowest BCUT2D eigenvalue weighted by Crippen LogP contribution is -2.24. The van der Waals surface area contributed by atoms with Gasteiger partial charge in [0, 0.05) is 35.6 Å². The average molecular weight is 358 g/mol. The summed E-state index contributed by atoms with van der Waals surface area (Å²) < 4.78 is 10.9. The second-order valence-corrected chi connectivity index (χ2v) is 6.86. The Morgan fingerprint density at radius 3 is 3.04 bits per heavy atom. The Balaban J connectivity index is 1.63. The Labute approximate surface area is 152 Å². The number of rotatable bonds is 7. The molecule has 1 N–H and O–H groups in total. The third-order valence-electron chi connectivity index (χ3n) is 4.06. The molecule has 1 amide bonds. The normalized spacial score (nSPS) is 16.6. The van der Waals surface area contributed by atoms with Gasteiger partial charge in [-0.05, 0) is 31.0 Å². The van der Waals surface area contributed by atoms with Crippen molar-refractivity contribution >= 4 is 17.7 Å². The van der Waals surface area contributed by atoms with Crippen LogP contribution >= 0.6 is 11.8 Å². The van der Waals surface area contributed by atoms with Gasteiger partial charge < -0.3 is 14.8 Å². The highest BCUT2D eigenvalue weighted by molar-refractivity contribution is 7.99. The van der Waals surface area contributed by atoms with Crippen molar-refractivity contribution in [1.82, 2.24) is 10.3 Å². The molecule has 1 atom stereocenters. The van der Waals surface area contributed by atoms with E-state index < -0.39 is 0 Å². The molecule has 1 aromatic carbocycles. The Kier molecular flexibility index (Phi) is 6.30. The van der Waals surface area contributed by atoms with E-state index in [1.54, 1.807) is 25.1 Å². The van der Waals surface area contributed by atoms with Crippen LogP contribution in [0, 0.1) is 0 Å². The number of nitrogens with zero attached hydrogens (tertiary/aromatic N) is 1. The minimum absolute atomic E-state index is 0.0960. The highest BCUT2D eigenvalue weighted by atomic mass is 32.2. The number of hydrogen-bond donors (Lipinski definition) is 1. The van der Waals surface area contributed by atoms with E-state index in [0.717, 1.165) is 35.7 Å². The zero-order valence-corrected chi connectivity index (χ0v) is 15.1. The van der Waals surface area contributed by atoms with E-state index >= 15 is 0 Å². The Morgan fingerprint density at radius 2 is 2.24 bits per heavy atom. The molecule has 25 heavy (non-hydrogen) atoms. The van der Waals surface area contributed by atoms with Crippen LogP contribution in [-0.2, 0) is 11.3 Å². The third-order valence-corrected chi connectivity index (χ3v) is 5.27. The van der Waals surface area contributed by atoms with Gasteiger partial charge in [0.25, 0.3) is 5.91 Å². The molecule has 5 nitrogen and oxygen atoms in total. The van der Waals surface area contributed by atoms with Gasteiger partial charge in [0.2, 0.25) is 5.88 Å². The molecule has 2 heterocycles. The lowest BCUT2D eigenvalue weighted by atomic mass is 10.2. The number of thioether (sulfide) groups is 1. The van der Waals surface area contributed by atoms with Crippen LogP contribution in [0.15, 0.2) is 47.5 Å². The van der Waals surface area contributed by atoms with E-state index in [4.69, 9.17) is 9.47 Å². The predicted octanol–water partition coefficient (Wildman–Crippen LogP) is 3.29. The molecule has 1 aromatic heterocycles. The summed E-state index contributed by atoms with van der Waals surface area (Å²) in [5.41, 5.74) is 1.54. The van der Waals surface area contributed by atoms with Gasteiger partial charge in [-0.2, -0.15) is 0 Å². The first kappa shape index (κ1) is 17.8. The monoisotopic (exact) mass is 358 g/mol. The number of carbonyl (C=O) groups excluding carboxylic acids is 1. The maximum atomic E-state index is 12.6. The van der Waals surface area contributed by atoms with E-state index in [0.29, 0.717) is 24.1 Å². The van der Waals surface area contributed by atoms with Gasteiger partial charge in [-0.3, -0.25) is 4.79 Å². The van der Waals surface area contributed by atoms with E-state index in [1.165, 1.54) is 0 Å². The van der Waals surface area contributed by atoms with Crippen molar-refractivity contribution in [3.8, 4) is 5.88 Å². The Morgan fingerprint density at radius 1 is 1.36 bits per heavy atom. The summed E-state index contributed by atoms with van der Waals surface area (Å²) >= 11 is 1.68. The molecule has 0 bridgehead atoms. The van der Waals surface area contributed by atoms with Crippen molar-refractivity contribution < 1.29 is 14.3 Å². The number of ether oxygens (including phenoxy) is 2. The van der Waals surface area contributed by atoms with Crippen LogP contribution in [0.1, 0.15) is 28.8 Å². The van der Waals surface area contributed by atoms with Gasteiger partial charge in [-0.1, -0.05) is 18.2 Å². The van der Waals surface area contributed by atoms with Gasteiger partial charge in [-0.15, -0.1) is 11.8 Å². The summed E-state index contributed by atoms with van der Waals surface area (Å²) in [7, 11) is 1.57. The fourth-order valence-corrected chi connectivity index (χ4v) is 3.87. The molecular formula is C19H22N2O3S. The fourth-order valence-electron chi connectivity index (χ4n) is 2.75. The first-order valence-electron chi connectivity index (χ1n) is 8.37. The van der Waals surface area contributed by atoms with Crippen LogP contribution in [0.5, 0.6) is 5.88 Å². The summed E-state index contributed by atoms with van der Waals surface area (Å²) in [5.74, 6) is 1.31. The Bertz CT molecular complexity index is 717. The zero-order chi connectivity index (χ0) is 17.5. The predicted molar refractivity (Wildman–Crippen MR) is 98.1 cm³/mol. The second kappa shape index (κ2) is 8.87. The number of aromatic nitrogens is 1. The number of hydrogen-bond acceptors (Lipinski definition) is 5. The van der Waals surface area contributed by atoms with Crippen LogP contribution in [0.4, 0.5) is 0 Å². The lowest BCUT2D eigenvalue weighted by Gasteiger charge is -2.13. The molecule has 2 aromatic rings. The molecule has 0 radical (unpaired) electrons. The van der Waals surface area contributed by atoms with Crippen LogP contribution in [-0.4, -0.2) is 36.5 Å². The van der Waals surface area contributed by atoms with Gasteiger partial charge in [0.15, 0.2) is 0 Å². The van der Waals surface area contributed by atoms with E-state index in [9.17, 15) is 4.79 Å². The number of nitrogens with one attached hydrogen (secondary N) is 1. The van der Waals surface area contributed by atoms with Gasteiger partial charge in [0.05, 0.1) is 18.8 Å². The zero-order valence-electron chi connectivity index (χ0n) is 14.2. The molecule has 1 unspecified atom stereocenters. The maximum Gasteiger partial charge on any atom is 0.252 e. The summed E-state index contributed by atoms with van der Waals surface area (Å²) in [6, 6.07) is 11.4. The van der Waals surface area contributed by atoms with E-state index in [-0.39, 0.29) is 5.91 Å². The summed E-state index contributed by atoms with van der Waals surface area (Å²) in [6.07, 6.45) is 4.18. The van der Waals surface area contributed by atoms with Crippen LogP contribution < -0.4 is 10.1 Å². The largest absolute Gasteiger partial charge is 0.481 e. The molecule has 6 heteroatoms. The SMILES string of the molecule is COc1ncccc1CNC(=O)c1ccccc1SCC1CCCO1. The molecule has 1 aliphatic heterocycles. The van der Waals surface area contributed by atoms with Crippen LogP contribution in [0.3, 0.4) is 0 Å². The van der Waals surface area contributed by atoms with Crippen molar-refractivity contribution in [3.63, 3.8) is 0 Å². The number of amides is 1. The summed E-state index contributed by atoms with van der Waals surface area (Å²) in [6.45, 7) is 1.22. The molecule has 132 valence electrons. The van der Waals surface area contributed by atoms with Gasteiger partial charge >= 0.3 is 0 Å². The smallest absolute Gasteiger partial charge is 0.252 e. The summed E-state index contributed by atoms with van der Waals surface area (Å²) in [5, 5.41) is 2.95. The first-order chi connectivity index (χ1) is 12.3.